The number of hydrogen-bond acceptors (Lipinski definition) is 2. The number of methoxy groups -OCH3 is 1. The zero-order valence-electron chi connectivity index (χ0n) is 6.67. The predicted octanol–water partition coefficient (Wildman–Crippen LogP) is 1.26. The van der Waals surface area contributed by atoms with Crippen LogP contribution in [-0.4, -0.2) is 23.5 Å². The van der Waals surface area contributed by atoms with Gasteiger partial charge in [-0.15, -0.1) is 0 Å². The molecule has 0 fully saturated rings. The molecule has 0 aliphatic rings. The Morgan fingerprint density at radius 1 is 1.73 bits per heavy atom. The van der Waals surface area contributed by atoms with E-state index in [2.05, 4.69) is 5.10 Å². The number of ether oxygens (including phenoxy) is 1. The van der Waals surface area contributed by atoms with Crippen molar-refractivity contribution >= 4 is 11.6 Å². The van der Waals surface area contributed by atoms with Crippen LogP contribution >= 0.6 is 11.6 Å². The van der Waals surface area contributed by atoms with E-state index in [-0.39, 0.29) is 0 Å². The number of nitrogens with zero attached hydrogens (tertiary/aromatic N) is 2. The Kier molecular flexibility index (Phi) is 2.91. The molecule has 0 aliphatic heterocycles. The third kappa shape index (κ3) is 2.20. The second-order valence-corrected chi connectivity index (χ2v) is 2.71. The largest absolute Gasteiger partial charge is 0.384 e. The van der Waals surface area contributed by atoms with Crippen molar-refractivity contribution in [1.82, 2.24) is 9.78 Å². The summed E-state index contributed by atoms with van der Waals surface area (Å²) in [6.07, 6.45) is 0.817. The first-order valence-electron chi connectivity index (χ1n) is 3.41. The maximum absolute atomic E-state index is 5.77. The number of rotatable bonds is 3. The second-order valence-electron chi connectivity index (χ2n) is 2.32. The maximum atomic E-state index is 5.77. The third-order valence-electron chi connectivity index (χ3n) is 1.44. The monoisotopic (exact) mass is 174 g/mol. The van der Waals surface area contributed by atoms with E-state index in [1.807, 2.05) is 13.1 Å². The Morgan fingerprint density at radius 2 is 2.45 bits per heavy atom. The van der Waals surface area contributed by atoms with Crippen LogP contribution in [0.5, 0.6) is 0 Å². The minimum atomic E-state index is 0.663. The van der Waals surface area contributed by atoms with Crippen molar-refractivity contribution in [2.75, 3.05) is 13.7 Å². The number of aryl methyl sites for hydroxylation is 1. The average Bonchev–Trinajstić information content (AvgIpc) is 2.28. The van der Waals surface area contributed by atoms with Crippen LogP contribution in [0.3, 0.4) is 0 Å². The van der Waals surface area contributed by atoms with Gasteiger partial charge in [-0.05, 0) is 6.07 Å². The highest BCUT2D eigenvalue weighted by molar-refractivity contribution is 6.29. The van der Waals surface area contributed by atoms with Gasteiger partial charge in [-0.3, -0.25) is 4.68 Å². The molecule has 1 heterocycles. The van der Waals surface area contributed by atoms with Gasteiger partial charge in [0.1, 0.15) is 5.15 Å². The molecule has 0 N–H and O–H groups in total. The molecule has 62 valence electrons. The molecule has 0 saturated heterocycles. The van der Waals surface area contributed by atoms with E-state index in [9.17, 15) is 0 Å². The molecule has 1 aromatic rings. The number of halogens is 1. The van der Waals surface area contributed by atoms with Crippen molar-refractivity contribution in [2.24, 2.45) is 7.05 Å². The lowest BCUT2D eigenvalue weighted by Gasteiger charge is -1.92. The molecule has 1 aromatic heterocycles. The molecule has 0 amide bonds. The van der Waals surface area contributed by atoms with Crippen LogP contribution in [0.4, 0.5) is 0 Å². The Labute approximate surface area is 70.9 Å². The summed E-state index contributed by atoms with van der Waals surface area (Å²) in [5.41, 5.74) is 0.972. The minimum absolute atomic E-state index is 0.663. The van der Waals surface area contributed by atoms with Crippen molar-refractivity contribution in [3.05, 3.63) is 16.9 Å². The van der Waals surface area contributed by atoms with Crippen LogP contribution in [-0.2, 0) is 18.2 Å². The summed E-state index contributed by atoms with van der Waals surface area (Å²) in [5.74, 6) is 0. The first-order valence-corrected chi connectivity index (χ1v) is 3.79. The van der Waals surface area contributed by atoms with Crippen LogP contribution in [0.15, 0.2) is 6.07 Å². The fourth-order valence-electron chi connectivity index (χ4n) is 0.829. The van der Waals surface area contributed by atoms with E-state index in [1.165, 1.54) is 0 Å². The number of hydrogen-bond donors (Lipinski definition) is 0. The van der Waals surface area contributed by atoms with Gasteiger partial charge in [-0.25, -0.2) is 0 Å². The van der Waals surface area contributed by atoms with Gasteiger partial charge in [0.15, 0.2) is 0 Å². The molecule has 0 atom stereocenters. The predicted molar refractivity (Wildman–Crippen MR) is 43.8 cm³/mol. The number of aromatic nitrogens is 2. The van der Waals surface area contributed by atoms with Gasteiger partial charge in [0.2, 0.25) is 0 Å². The van der Waals surface area contributed by atoms with Gasteiger partial charge >= 0.3 is 0 Å². The van der Waals surface area contributed by atoms with Crippen LogP contribution in [0.2, 0.25) is 5.15 Å². The van der Waals surface area contributed by atoms with E-state index >= 15 is 0 Å². The molecule has 0 bridgehead atoms. The summed E-state index contributed by atoms with van der Waals surface area (Å²) in [6, 6.07) is 1.85. The molecule has 0 radical (unpaired) electrons. The van der Waals surface area contributed by atoms with Gasteiger partial charge in [0.25, 0.3) is 0 Å². The topological polar surface area (TPSA) is 27.1 Å². The molecule has 0 saturated carbocycles. The van der Waals surface area contributed by atoms with Crippen molar-refractivity contribution < 1.29 is 4.74 Å². The highest BCUT2D eigenvalue weighted by Crippen LogP contribution is 2.09. The summed E-state index contributed by atoms with van der Waals surface area (Å²) in [4.78, 5) is 0. The smallest absolute Gasteiger partial charge is 0.126 e. The zero-order valence-corrected chi connectivity index (χ0v) is 7.43. The van der Waals surface area contributed by atoms with E-state index < -0.39 is 0 Å². The fraction of sp³-hybridized carbons (Fsp3) is 0.571. The van der Waals surface area contributed by atoms with Crippen LogP contribution in [0, 0.1) is 0 Å². The van der Waals surface area contributed by atoms with Gasteiger partial charge in [0, 0.05) is 20.6 Å². The summed E-state index contributed by atoms with van der Waals surface area (Å²) in [6.45, 7) is 0.688. The Bertz CT molecular complexity index is 215. The molecule has 3 nitrogen and oxygen atoms in total. The van der Waals surface area contributed by atoms with Crippen LogP contribution < -0.4 is 0 Å². The van der Waals surface area contributed by atoms with Gasteiger partial charge in [-0.1, -0.05) is 11.6 Å². The molecule has 11 heavy (non-hydrogen) atoms. The van der Waals surface area contributed by atoms with Crippen molar-refractivity contribution in [3.8, 4) is 0 Å². The lowest BCUT2D eigenvalue weighted by molar-refractivity contribution is 0.201. The average molecular weight is 175 g/mol. The SMILES string of the molecule is COCCc1cc(Cl)n(C)n1. The third-order valence-corrected chi connectivity index (χ3v) is 1.79. The lowest BCUT2D eigenvalue weighted by atomic mass is 10.3. The normalized spacial score (nSPS) is 10.5. The summed E-state index contributed by atoms with van der Waals surface area (Å²) >= 11 is 5.77. The molecule has 1 rings (SSSR count). The highest BCUT2D eigenvalue weighted by atomic mass is 35.5. The highest BCUT2D eigenvalue weighted by Gasteiger charge is 2.00. The molecular weight excluding hydrogens is 164 g/mol. The standard InChI is InChI=1S/C7H11ClN2O/c1-10-7(8)5-6(9-10)3-4-11-2/h5H,3-4H2,1-2H3. The van der Waals surface area contributed by atoms with Crippen molar-refractivity contribution in [2.45, 2.75) is 6.42 Å². The molecular formula is C7H11ClN2O. The first kappa shape index (κ1) is 8.56. The van der Waals surface area contributed by atoms with E-state index in [0.29, 0.717) is 11.8 Å². The Morgan fingerprint density at radius 3 is 2.91 bits per heavy atom. The van der Waals surface area contributed by atoms with E-state index in [1.54, 1.807) is 11.8 Å². The first-order chi connectivity index (χ1) is 5.24. The van der Waals surface area contributed by atoms with Crippen LogP contribution in [0.25, 0.3) is 0 Å². The van der Waals surface area contributed by atoms with E-state index in [4.69, 9.17) is 16.3 Å². The Hall–Kier alpha value is -0.540. The lowest BCUT2D eigenvalue weighted by Crippen LogP contribution is -1.96. The Balaban J connectivity index is 2.58. The van der Waals surface area contributed by atoms with Crippen molar-refractivity contribution in [1.29, 1.82) is 0 Å². The molecule has 0 aliphatic carbocycles. The van der Waals surface area contributed by atoms with Crippen LogP contribution in [0.1, 0.15) is 5.69 Å². The minimum Gasteiger partial charge on any atom is -0.384 e. The van der Waals surface area contributed by atoms with Gasteiger partial charge in [0.05, 0.1) is 12.3 Å². The fourth-order valence-corrected chi connectivity index (χ4v) is 0.993. The summed E-state index contributed by atoms with van der Waals surface area (Å²) in [5, 5.41) is 4.82. The second kappa shape index (κ2) is 3.74. The molecule has 0 spiro atoms. The van der Waals surface area contributed by atoms with Crippen molar-refractivity contribution in [3.63, 3.8) is 0 Å². The summed E-state index contributed by atoms with van der Waals surface area (Å²) < 4.78 is 6.55. The van der Waals surface area contributed by atoms with E-state index in [0.717, 1.165) is 12.1 Å². The van der Waals surface area contributed by atoms with Gasteiger partial charge in [-0.2, -0.15) is 5.10 Å². The molecule has 4 heteroatoms. The maximum Gasteiger partial charge on any atom is 0.126 e. The molecule has 0 aromatic carbocycles. The zero-order chi connectivity index (χ0) is 8.27. The van der Waals surface area contributed by atoms with Gasteiger partial charge < -0.3 is 4.74 Å². The molecule has 0 unspecified atom stereocenters. The quantitative estimate of drug-likeness (QED) is 0.690. The summed E-state index contributed by atoms with van der Waals surface area (Å²) in [7, 11) is 3.49.